The topological polar surface area (TPSA) is 55.9 Å². The smallest absolute Gasteiger partial charge is 0.238 e. The monoisotopic (exact) mass is 470 g/mol. The summed E-state index contributed by atoms with van der Waals surface area (Å²) in [5.74, 6) is 0.277. The fraction of sp³-hybridized carbons (Fsp3) is 0.579. The van der Waals surface area contributed by atoms with Gasteiger partial charge < -0.3 is 10.2 Å². The van der Waals surface area contributed by atoms with Crippen molar-refractivity contribution < 1.29 is 9.59 Å². The molecular formula is C19H27IN4O2. The standard InChI is InChI=1S/C19H27IN4O2/c20-16-5-4-6-17(13-16)21-18(25)14-22-9-11-23(12-10-22)15-19(26)24-7-2-1-3-8-24/h4-6,13H,1-3,7-12,14-15H2,(H,21,25). The third kappa shape index (κ3) is 5.92. The molecule has 1 aromatic rings. The molecule has 26 heavy (non-hydrogen) atoms. The predicted molar refractivity (Wildman–Crippen MR) is 111 cm³/mol. The number of halogens is 1. The van der Waals surface area contributed by atoms with E-state index < -0.39 is 0 Å². The van der Waals surface area contributed by atoms with E-state index in [1.807, 2.05) is 29.2 Å². The molecule has 0 atom stereocenters. The van der Waals surface area contributed by atoms with Crippen molar-refractivity contribution in [3.05, 3.63) is 27.8 Å². The van der Waals surface area contributed by atoms with Crippen LogP contribution in [0.5, 0.6) is 0 Å². The molecule has 0 saturated carbocycles. The second kappa shape index (κ2) is 9.66. The molecule has 2 aliphatic rings. The number of hydrogen-bond donors (Lipinski definition) is 1. The highest BCUT2D eigenvalue weighted by Crippen LogP contribution is 2.13. The summed E-state index contributed by atoms with van der Waals surface area (Å²) < 4.78 is 1.10. The molecule has 2 fully saturated rings. The first-order valence-corrected chi connectivity index (χ1v) is 10.5. The van der Waals surface area contributed by atoms with Gasteiger partial charge in [0.2, 0.25) is 11.8 Å². The Morgan fingerprint density at radius 1 is 0.923 bits per heavy atom. The molecule has 142 valence electrons. The Balaban J connectivity index is 1.38. The largest absolute Gasteiger partial charge is 0.342 e. The number of nitrogens with one attached hydrogen (secondary N) is 1. The Bertz CT molecular complexity index is 626. The maximum Gasteiger partial charge on any atom is 0.238 e. The Hall–Kier alpha value is -1.19. The van der Waals surface area contributed by atoms with Crippen LogP contribution in [0.15, 0.2) is 24.3 Å². The van der Waals surface area contributed by atoms with E-state index in [0.29, 0.717) is 13.1 Å². The molecule has 0 radical (unpaired) electrons. The molecular weight excluding hydrogens is 443 g/mol. The second-order valence-electron chi connectivity index (χ2n) is 7.05. The van der Waals surface area contributed by atoms with Gasteiger partial charge in [-0.2, -0.15) is 0 Å². The van der Waals surface area contributed by atoms with Crippen LogP contribution in [0.1, 0.15) is 19.3 Å². The zero-order chi connectivity index (χ0) is 18.4. The maximum atomic E-state index is 12.4. The molecule has 1 aromatic carbocycles. The summed E-state index contributed by atoms with van der Waals surface area (Å²) in [4.78, 5) is 31.0. The summed E-state index contributed by atoms with van der Waals surface area (Å²) in [6.45, 7) is 6.09. The van der Waals surface area contributed by atoms with Crippen LogP contribution in [0.3, 0.4) is 0 Å². The van der Waals surface area contributed by atoms with Crippen molar-refractivity contribution in [1.82, 2.24) is 14.7 Å². The molecule has 0 aromatic heterocycles. The number of carbonyl (C=O) groups is 2. The third-order valence-corrected chi connectivity index (χ3v) is 5.68. The zero-order valence-electron chi connectivity index (χ0n) is 15.1. The summed E-state index contributed by atoms with van der Waals surface area (Å²) in [6, 6.07) is 7.81. The van der Waals surface area contributed by atoms with Crippen LogP contribution in [0, 0.1) is 3.57 Å². The number of anilines is 1. The summed E-state index contributed by atoms with van der Waals surface area (Å²) in [6.07, 6.45) is 3.51. The minimum Gasteiger partial charge on any atom is -0.342 e. The Morgan fingerprint density at radius 2 is 1.58 bits per heavy atom. The number of likely N-dealkylation sites (tertiary alicyclic amines) is 1. The molecule has 0 unspecified atom stereocenters. The number of rotatable bonds is 5. The van der Waals surface area contributed by atoms with E-state index in [-0.39, 0.29) is 11.8 Å². The number of piperazine rings is 1. The molecule has 0 aliphatic carbocycles. The van der Waals surface area contributed by atoms with Crippen molar-refractivity contribution in [2.24, 2.45) is 0 Å². The average molecular weight is 470 g/mol. The summed E-state index contributed by atoms with van der Waals surface area (Å²) >= 11 is 2.24. The number of benzene rings is 1. The van der Waals surface area contributed by atoms with Gasteiger partial charge in [-0.1, -0.05) is 6.07 Å². The van der Waals surface area contributed by atoms with Crippen molar-refractivity contribution in [1.29, 1.82) is 0 Å². The van der Waals surface area contributed by atoms with E-state index in [9.17, 15) is 9.59 Å². The van der Waals surface area contributed by atoms with Crippen molar-refractivity contribution in [3.63, 3.8) is 0 Å². The molecule has 2 heterocycles. The van der Waals surface area contributed by atoms with E-state index >= 15 is 0 Å². The first-order valence-electron chi connectivity index (χ1n) is 9.38. The first kappa shape index (κ1) is 19.6. The van der Waals surface area contributed by atoms with Crippen LogP contribution in [0.25, 0.3) is 0 Å². The van der Waals surface area contributed by atoms with Gasteiger partial charge >= 0.3 is 0 Å². The van der Waals surface area contributed by atoms with Gasteiger partial charge in [-0.25, -0.2) is 0 Å². The molecule has 1 N–H and O–H groups in total. The normalized spacial score (nSPS) is 19.3. The Labute approximate surface area is 169 Å². The van der Waals surface area contributed by atoms with Gasteiger partial charge in [0, 0.05) is 48.5 Å². The summed E-state index contributed by atoms with van der Waals surface area (Å²) in [5, 5.41) is 2.96. The second-order valence-corrected chi connectivity index (χ2v) is 8.30. The minimum atomic E-state index is 0.0184. The molecule has 0 spiro atoms. The quantitative estimate of drug-likeness (QED) is 0.668. The molecule has 6 nitrogen and oxygen atoms in total. The highest BCUT2D eigenvalue weighted by molar-refractivity contribution is 14.1. The fourth-order valence-electron chi connectivity index (χ4n) is 3.51. The number of amides is 2. The van der Waals surface area contributed by atoms with Gasteiger partial charge in [0.1, 0.15) is 0 Å². The number of nitrogens with zero attached hydrogens (tertiary/aromatic N) is 3. The molecule has 7 heteroatoms. The lowest BCUT2D eigenvalue weighted by Crippen LogP contribution is -2.51. The molecule has 2 amide bonds. The van der Waals surface area contributed by atoms with Crippen LogP contribution < -0.4 is 5.32 Å². The molecule has 2 aliphatic heterocycles. The molecule has 2 saturated heterocycles. The van der Waals surface area contributed by atoms with Crippen molar-refractivity contribution in [3.8, 4) is 0 Å². The Morgan fingerprint density at radius 3 is 2.23 bits per heavy atom. The minimum absolute atomic E-state index is 0.0184. The predicted octanol–water partition coefficient (Wildman–Crippen LogP) is 1.86. The first-order chi connectivity index (χ1) is 12.6. The van der Waals surface area contributed by atoms with Crippen LogP contribution in [0.2, 0.25) is 0 Å². The van der Waals surface area contributed by atoms with Gasteiger partial charge in [-0.3, -0.25) is 19.4 Å². The number of carbonyl (C=O) groups excluding carboxylic acids is 2. The molecule has 0 bridgehead atoms. The van der Waals surface area contributed by atoms with Crippen molar-refractivity contribution in [2.75, 3.05) is 57.7 Å². The maximum absolute atomic E-state index is 12.4. The molecule has 3 rings (SSSR count). The Kier molecular flexibility index (Phi) is 7.27. The van der Waals surface area contributed by atoms with E-state index in [1.54, 1.807) is 0 Å². The number of hydrogen-bond acceptors (Lipinski definition) is 4. The number of piperidine rings is 1. The van der Waals surface area contributed by atoms with E-state index in [1.165, 1.54) is 6.42 Å². The van der Waals surface area contributed by atoms with Crippen LogP contribution in [-0.4, -0.2) is 78.9 Å². The lowest BCUT2D eigenvalue weighted by molar-refractivity contribution is -0.134. The van der Waals surface area contributed by atoms with Gasteiger partial charge in [-0.15, -0.1) is 0 Å². The van der Waals surface area contributed by atoms with Gasteiger partial charge in [0.25, 0.3) is 0 Å². The highest BCUT2D eigenvalue weighted by Gasteiger charge is 2.23. The van der Waals surface area contributed by atoms with Gasteiger partial charge in [0.05, 0.1) is 13.1 Å². The van der Waals surface area contributed by atoms with E-state index in [2.05, 4.69) is 37.7 Å². The lowest BCUT2D eigenvalue weighted by Gasteiger charge is -2.35. The highest BCUT2D eigenvalue weighted by atomic mass is 127. The third-order valence-electron chi connectivity index (χ3n) is 5.01. The SMILES string of the molecule is O=C(CN1CCN(CC(=O)N2CCCCC2)CC1)Nc1cccc(I)c1. The fourth-order valence-corrected chi connectivity index (χ4v) is 4.05. The van der Waals surface area contributed by atoms with Crippen LogP contribution in [0.4, 0.5) is 5.69 Å². The van der Waals surface area contributed by atoms with Gasteiger partial charge in [-0.05, 0) is 60.1 Å². The van der Waals surface area contributed by atoms with Crippen LogP contribution in [-0.2, 0) is 9.59 Å². The van der Waals surface area contributed by atoms with Gasteiger partial charge in [0.15, 0.2) is 0 Å². The van der Waals surface area contributed by atoms with E-state index in [4.69, 9.17) is 0 Å². The zero-order valence-corrected chi connectivity index (χ0v) is 17.3. The average Bonchev–Trinajstić information content (AvgIpc) is 2.64. The lowest BCUT2D eigenvalue weighted by atomic mass is 10.1. The van der Waals surface area contributed by atoms with E-state index in [0.717, 1.165) is 61.4 Å². The van der Waals surface area contributed by atoms with Crippen LogP contribution >= 0.6 is 22.6 Å². The summed E-state index contributed by atoms with van der Waals surface area (Å²) in [7, 11) is 0. The van der Waals surface area contributed by atoms with Crippen molar-refractivity contribution >= 4 is 40.1 Å². The van der Waals surface area contributed by atoms with Crippen molar-refractivity contribution in [2.45, 2.75) is 19.3 Å². The summed E-state index contributed by atoms with van der Waals surface area (Å²) in [5.41, 5.74) is 0.840.